The highest BCUT2D eigenvalue weighted by Crippen LogP contribution is 2.19. The Bertz CT molecular complexity index is 428. The van der Waals surface area contributed by atoms with Crippen LogP contribution in [0.4, 0.5) is 4.79 Å². The van der Waals surface area contributed by atoms with Crippen LogP contribution in [0.2, 0.25) is 0 Å². The number of piperazine rings is 1. The van der Waals surface area contributed by atoms with Crippen LogP contribution in [0.1, 0.15) is 27.2 Å². The summed E-state index contributed by atoms with van der Waals surface area (Å²) in [7, 11) is 1.44. The van der Waals surface area contributed by atoms with Crippen molar-refractivity contribution in [1.82, 2.24) is 15.1 Å². The molecule has 0 aromatic heterocycles. The van der Waals surface area contributed by atoms with E-state index in [0.29, 0.717) is 25.7 Å². The second-order valence-corrected chi connectivity index (χ2v) is 7.27. The summed E-state index contributed by atoms with van der Waals surface area (Å²) < 4.78 is 10.3. The van der Waals surface area contributed by atoms with E-state index in [0.717, 1.165) is 26.1 Å². The van der Waals surface area contributed by atoms with Gasteiger partial charge in [0, 0.05) is 45.3 Å². The monoisotopic (exact) mass is 327 g/mol. The molecule has 2 unspecified atom stereocenters. The highest BCUT2D eigenvalue weighted by Gasteiger charge is 2.33. The highest BCUT2D eigenvalue weighted by atomic mass is 16.6. The molecule has 0 aromatic rings. The summed E-state index contributed by atoms with van der Waals surface area (Å²) in [5, 5.41) is 3.31. The van der Waals surface area contributed by atoms with Crippen molar-refractivity contribution in [3.63, 3.8) is 0 Å². The molecule has 2 aliphatic heterocycles. The standard InChI is InChI=1S/C16H29N3O4/c1-16(2,3)23-15(21)19-7-5-18(6-8-19)13-9-12(10-17-11-13)14(20)22-4/h12-13,17H,5-11H2,1-4H3. The van der Waals surface area contributed by atoms with Gasteiger partial charge >= 0.3 is 12.1 Å². The summed E-state index contributed by atoms with van der Waals surface area (Å²) >= 11 is 0. The van der Waals surface area contributed by atoms with Crippen molar-refractivity contribution in [2.45, 2.75) is 38.8 Å². The Kier molecular flexibility index (Phi) is 5.86. The molecule has 7 nitrogen and oxygen atoms in total. The first-order chi connectivity index (χ1) is 10.8. The molecule has 1 amide bonds. The minimum atomic E-state index is -0.463. The lowest BCUT2D eigenvalue weighted by molar-refractivity contribution is -0.146. The van der Waals surface area contributed by atoms with Crippen molar-refractivity contribution in [3.05, 3.63) is 0 Å². The third-order valence-electron chi connectivity index (χ3n) is 4.34. The van der Waals surface area contributed by atoms with Crippen molar-refractivity contribution in [2.75, 3.05) is 46.4 Å². The van der Waals surface area contributed by atoms with E-state index in [-0.39, 0.29) is 18.0 Å². The lowest BCUT2D eigenvalue weighted by Gasteiger charge is -2.42. The molecule has 0 spiro atoms. The number of methoxy groups -OCH3 is 1. The van der Waals surface area contributed by atoms with Gasteiger partial charge in [-0.1, -0.05) is 0 Å². The first-order valence-electron chi connectivity index (χ1n) is 8.30. The Balaban J connectivity index is 1.82. The molecule has 2 fully saturated rings. The third-order valence-corrected chi connectivity index (χ3v) is 4.34. The van der Waals surface area contributed by atoms with Crippen LogP contribution in [0, 0.1) is 5.92 Å². The fourth-order valence-corrected chi connectivity index (χ4v) is 3.14. The average molecular weight is 327 g/mol. The number of esters is 1. The second kappa shape index (κ2) is 7.49. The zero-order chi connectivity index (χ0) is 17.0. The van der Waals surface area contributed by atoms with Gasteiger partial charge in [-0.25, -0.2) is 4.79 Å². The number of hydrogen-bond acceptors (Lipinski definition) is 6. The number of carbonyl (C=O) groups is 2. The van der Waals surface area contributed by atoms with E-state index in [1.807, 2.05) is 20.8 Å². The molecule has 0 saturated carbocycles. The quantitative estimate of drug-likeness (QED) is 0.753. The Hall–Kier alpha value is -1.34. The van der Waals surface area contributed by atoms with E-state index >= 15 is 0 Å². The molecule has 0 aliphatic carbocycles. The minimum Gasteiger partial charge on any atom is -0.469 e. The van der Waals surface area contributed by atoms with Gasteiger partial charge in [0.2, 0.25) is 0 Å². The van der Waals surface area contributed by atoms with Crippen LogP contribution in [-0.2, 0) is 14.3 Å². The van der Waals surface area contributed by atoms with Crippen molar-refractivity contribution in [3.8, 4) is 0 Å². The first kappa shape index (κ1) is 18.0. The predicted molar refractivity (Wildman–Crippen MR) is 86.2 cm³/mol. The number of piperidine rings is 1. The second-order valence-electron chi connectivity index (χ2n) is 7.27. The Morgan fingerprint density at radius 1 is 1.09 bits per heavy atom. The van der Waals surface area contributed by atoms with Crippen LogP contribution in [0.3, 0.4) is 0 Å². The topological polar surface area (TPSA) is 71.1 Å². The maximum absolute atomic E-state index is 12.1. The number of rotatable bonds is 2. The molecule has 2 atom stereocenters. The SMILES string of the molecule is COC(=O)C1CNCC(N2CCN(C(=O)OC(C)(C)C)CC2)C1. The van der Waals surface area contributed by atoms with Crippen LogP contribution in [0.15, 0.2) is 0 Å². The van der Waals surface area contributed by atoms with Crippen LogP contribution in [0.5, 0.6) is 0 Å². The number of carbonyl (C=O) groups excluding carboxylic acids is 2. The normalized spacial score (nSPS) is 26.7. The molecule has 1 N–H and O–H groups in total. The molecule has 0 bridgehead atoms. The van der Waals surface area contributed by atoms with Gasteiger partial charge in [0.25, 0.3) is 0 Å². The third kappa shape index (κ3) is 5.07. The molecule has 0 aromatic carbocycles. The van der Waals surface area contributed by atoms with Crippen molar-refractivity contribution in [2.24, 2.45) is 5.92 Å². The van der Waals surface area contributed by atoms with E-state index in [9.17, 15) is 9.59 Å². The summed E-state index contributed by atoms with van der Waals surface area (Å²) in [6, 6.07) is 0.314. The highest BCUT2D eigenvalue weighted by molar-refractivity contribution is 5.72. The largest absolute Gasteiger partial charge is 0.469 e. The van der Waals surface area contributed by atoms with Crippen molar-refractivity contribution in [1.29, 1.82) is 0 Å². The van der Waals surface area contributed by atoms with Gasteiger partial charge in [0.1, 0.15) is 5.60 Å². The first-order valence-corrected chi connectivity index (χ1v) is 8.30. The van der Waals surface area contributed by atoms with Crippen molar-refractivity contribution < 1.29 is 19.1 Å². The van der Waals surface area contributed by atoms with Crippen LogP contribution >= 0.6 is 0 Å². The fraction of sp³-hybridized carbons (Fsp3) is 0.875. The predicted octanol–water partition coefficient (Wildman–Crippen LogP) is 0.690. The lowest BCUT2D eigenvalue weighted by atomic mass is 9.94. The number of nitrogens with zero attached hydrogens (tertiary/aromatic N) is 2. The molecular weight excluding hydrogens is 298 g/mol. The average Bonchev–Trinajstić information content (AvgIpc) is 2.53. The number of amides is 1. The van der Waals surface area contributed by atoms with Gasteiger partial charge in [-0.15, -0.1) is 0 Å². The lowest BCUT2D eigenvalue weighted by Crippen LogP contribution is -2.57. The smallest absolute Gasteiger partial charge is 0.410 e. The maximum Gasteiger partial charge on any atom is 0.410 e. The van der Waals surface area contributed by atoms with Crippen LogP contribution in [-0.4, -0.2) is 79.9 Å². The summed E-state index contributed by atoms with van der Waals surface area (Å²) in [4.78, 5) is 27.9. The van der Waals surface area contributed by atoms with Gasteiger partial charge < -0.3 is 19.7 Å². The fourth-order valence-electron chi connectivity index (χ4n) is 3.14. The Labute approximate surface area is 138 Å². The van der Waals surface area contributed by atoms with Gasteiger partial charge in [0.05, 0.1) is 13.0 Å². The van der Waals surface area contributed by atoms with E-state index in [1.165, 1.54) is 7.11 Å². The van der Waals surface area contributed by atoms with Gasteiger partial charge in [0.15, 0.2) is 0 Å². The van der Waals surface area contributed by atoms with Gasteiger partial charge in [-0.3, -0.25) is 9.69 Å². The molecular formula is C16H29N3O4. The number of ether oxygens (including phenoxy) is 2. The minimum absolute atomic E-state index is 0.0809. The molecule has 2 rings (SSSR count). The van der Waals surface area contributed by atoms with E-state index in [2.05, 4.69) is 10.2 Å². The molecule has 2 heterocycles. The van der Waals surface area contributed by atoms with Crippen LogP contribution < -0.4 is 5.32 Å². The molecule has 2 aliphatic rings. The van der Waals surface area contributed by atoms with E-state index < -0.39 is 5.60 Å². The molecule has 2 saturated heterocycles. The summed E-state index contributed by atoms with van der Waals surface area (Å²) in [6.45, 7) is 10.1. The van der Waals surface area contributed by atoms with Gasteiger partial charge in [-0.2, -0.15) is 0 Å². The molecule has 7 heteroatoms. The number of hydrogen-bond donors (Lipinski definition) is 1. The van der Waals surface area contributed by atoms with Crippen molar-refractivity contribution >= 4 is 12.1 Å². The zero-order valence-electron chi connectivity index (χ0n) is 14.6. The maximum atomic E-state index is 12.1. The van der Waals surface area contributed by atoms with E-state index in [4.69, 9.17) is 9.47 Å². The Morgan fingerprint density at radius 2 is 1.74 bits per heavy atom. The zero-order valence-corrected chi connectivity index (χ0v) is 14.6. The Morgan fingerprint density at radius 3 is 2.30 bits per heavy atom. The van der Waals surface area contributed by atoms with Gasteiger partial charge in [-0.05, 0) is 27.2 Å². The summed E-state index contributed by atoms with van der Waals surface area (Å²) in [5.74, 6) is -0.225. The number of nitrogens with one attached hydrogen (secondary N) is 1. The molecule has 23 heavy (non-hydrogen) atoms. The molecule has 132 valence electrons. The van der Waals surface area contributed by atoms with Crippen LogP contribution in [0.25, 0.3) is 0 Å². The molecule has 0 radical (unpaired) electrons. The summed E-state index contributed by atoms with van der Waals surface area (Å²) in [5.41, 5.74) is -0.463. The van der Waals surface area contributed by atoms with E-state index in [1.54, 1.807) is 4.90 Å². The summed E-state index contributed by atoms with van der Waals surface area (Å²) in [6.07, 6.45) is 0.568.